The van der Waals surface area contributed by atoms with E-state index in [0.29, 0.717) is 31.3 Å². The summed E-state index contributed by atoms with van der Waals surface area (Å²) in [6, 6.07) is 9.64. The highest BCUT2D eigenvalue weighted by molar-refractivity contribution is 7.48. The van der Waals surface area contributed by atoms with Gasteiger partial charge in [0.2, 0.25) is 17.2 Å². The molecular weight excluding hydrogens is 399 g/mol. The monoisotopic (exact) mass is 426 g/mol. The Kier molecular flexibility index (Phi) is 8.49. The Morgan fingerprint density at radius 1 is 0.724 bits per heavy atom. The molecule has 2 rings (SSSR count). The molecule has 1 N–H and O–H groups in total. The highest BCUT2D eigenvalue weighted by Crippen LogP contribution is 2.55. The van der Waals surface area contributed by atoms with Crippen molar-refractivity contribution in [2.45, 2.75) is 27.7 Å². The fourth-order valence-corrected chi connectivity index (χ4v) is 3.31. The van der Waals surface area contributed by atoms with Crippen LogP contribution in [-0.2, 0) is 4.57 Å². The normalized spacial score (nSPS) is 12.6. The van der Waals surface area contributed by atoms with Gasteiger partial charge in [-0.05, 0) is 39.8 Å². The molecule has 0 aliphatic carbocycles. The van der Waals surface area contributed by atoms with Gasteiger partial charge in [-0.1, -0.05) is 18.2 Å². The molecule has 160 valence electrons. The molecule has 9 heteroatoms. The van der Waals surface area contributed by atoms with E-state index in [-0.39, 0.29) is 29.6 Å². The third-order valence-corrected chi connectivity index (χ3v) is 4.33. The molecule has 2 aromatic rings. The van der Waals surface area contributed by atoms with E-state index in [1.807, 2.05) is 13.8 Å². The SMILES string of the molecule is CCOc1cc(OP(=O)(O)Oc2ccccc2)c(OCC)c(OCC)c1OCC. The second-order valence-electron chi connectivity index (χ2n) is 5.56. The maximum atomic E-state index is 12.6. The van der Waals surface area contributed by atoms with Gasteiger partial charge in [0.1, 0.15) is 5.75 Å². The number of hydrogen-bond acceptors (Lipinski definition) is 7. The summed E-state index contributed by atoms with van der Waals surface area (Å²) in [6.07, 6.45) is 0. The van der Waals surface area contributed by atoms with Crippen LogP contribution in [0.3, 0.4) is 0 Å². The van der Waals surface area contributed by atoms with E-state index in [0.717, 1.165) is 0 Å². The van der Waals surface area contributed by atoms with Gasteiger partial charge in [0.05, 0.1) is 26.4 Å². The van der Waals surface area contributed by atoms with E-state index in [1.54, 1.807) is 44.2 Å². The predicted octanol–water partition coefficient (Wildman–Crippen LogP) is 4.84. The third kappa shape index (κ3) is 6.21. The zero-order chi connectivity index (χ0) is 21.3. The van der Waals surface area contributed by atoms with Crippen LogP contribution in [0, 0.1) is 0 Å². The largest absolute Gasteiger partial charge is 0.585 e. The fourth-order valence-electron chi connectivity index (χ4n) is 2.50. The summed E-state index contributed by atoms with van der Waals surface area (Å²) in [5, 5.41) is 0. The van der Waals surface area contributed by atoms with Gasteiger partial charge in [0, 0.05) is 6.07 Å². The molecule has 8 nitrogen and oxygen atoms in total. The summed E-state index contributed by atoms with van der Waals surface area (Å²) >= 11 is 0. The van der Waals surface area contributed by atoms with Gasteiger partial charge in [-0.25, -0.2) is 4.57 Å². The van der Waals surface area contributed by atoms with Crippen LogP contribution in [0.1, 0.15) is 27.7 Å². The zero-order valence-electron chi connectivity index (χ0n) is 17.0. The van der Waals surface area contributed by atoms with Gasteiger partial charge < -0.3 is 28.0 Å². The molecular formula is C20H27O8P. The van der Waals surface area contributed by atoms with Crippen LogP contribution in [0.15, 0.2) is 36.4 Å². The van der Waals surface area contributed by atoms with E-state index >= 15 is 0 Å². The van der Waals surface area contributed by atoms with Crippen LogP contribution in [-0.4, -0.2) is 31.3 Å². The minimum absolute atomic E-state index is 0.0519. The average molecular weight is 426 g/mol. The topological polar surface area (TPSA) is 92.7 Å². The van der Waals surface area contributed by atoms with E-state index in [9.17, 15) is 9.46 Å². The minimum Gasteiger partial charge on any atom is -0.490 e. The predicted molar refractivity (Wildman–Crippen MR) is 109 cm³/mol. The molecule has 0 fully saturated rings. The number of para-hydroxylation sites is 1. The van der Waals surface area contributed by atoms with Crippen molar-refractivity contribution in [3.63, 3.8) is 0 Å². The van der Waals surface area contributed by atoms with Crippen molar-refractivity contribution < 1.29 is 37.5 Å². The first-order valence-electron chi connectivity index (χ1n) is 9.44. The first-order valence-corrected chi connectivity index (χ1v) is 10.9. The maximum Gasteiger partial charge on any atom is 0.585 e. The van der Waals surface area contributed by atoms with Crippen LogP contribution in [0.4, 0.5) is 0 Å². The molecule has 0 bridgehead atoms. The summed E-state index contributed by atoms with van der Waals surface area (Å²) in [5.41, 5.74) is 0. The molecule has 0 aliphatic rings. The van der Waals surface area contributed by atoms with E-state index in [2.05, 4.69) is 0 Å². The molecule has 0 radical (unpaired) electrons. The van der Waals surface area contributed by atoms with Crippen LogP contribution in [0.25, 0.3) is 0 Å². The molecule has 0 saturated heterocycles. The average Bonchev–Trinajstić information content (AvgIpc) is 2.67. The Morgan fingerprint density at radius 2 is 1.24 bits per heavy atom. The summed E-state index contributed by atoms with van der Waals surface area (Å²) < 4.78 is 45.8. The number of hydrogen-bond donors (Lipinski definition) is 1. The smallest absolute Gasteiger partial charge is 0.490 e. The summed E-state index contributed by atoms with van der Waals surface area (Å²) in [4.78, 5) is 10.3. The molecule has 2 aromatic carbocycles. The Balaban J connectivity index is 2.51. The van der Waals surface area contributed by atoms with Gasteiger partial charge in [-0.3, -0.25) is 4.89 Å². The highest BCUT2D eigenvalue weighted by Gasteiger charge is 2.31. The van der Waals surface area contributed by atoms with Crippen LogP contribution >= 0.6 is 7.82 Å². The molecule has 0 heterocycles. The Labute approximate surface area is 170 Å². The molecule has 0 amide bonds. The van der Waals surface area contributed by atoms with Crippen molar-refractivity contribution in [2.75, 3.05) is 26.4 Å². The Hall–Kier alpha value is -2.57. The van der Waals surface area contributed by atoms with Crippen LogP contribution in [0.2, 0.25) is 0 Å². The van der Waals surface area contributed by atoms with Gasteiger partial charge in [0.15, 0.2) is 11.5 Å². The number of rotatable bonds is 12. The van der Waals surface area contributed by atoms with Gasteiger partial charge in [-0.2, -0.15) is 0 Å². The number of phosphoric acid groups is 1. The lowest BCUT2D eigenvalue weighted by Crippen LogP contribution is -2.08. The minimum atomic E-state index is -4.53. The third-order valence-electron chi connectivity index (χ3n) is 3.47. The quantitative estimate of drug-likeness (QED) is 0.482. The fraction of sp³-hybridized carbons (Fsp3) is 0.400. The van der Waals surface area contributed by atoms with Crippen molar-refractivity contribution in [3.8, 4) is 34.5 Å². The first kappa shape index (κ1) is 22.7. The summed E-state index contributed by atoms with van der Waals surface area (Å²) in [7, 11) is -4.53. The standard InChI is InChI=1S/C20H27O8P/c1-5-23-16-14-17(28-29(21,22)27-15-12-10-9-11-13-15)19(25-7-3)20(26-8-4)18(16)24-6-2/h9-14H,5-8H2,1-4H3,(H,21,22). The van der Waals surface area contributed by atoms with E-state index in [4.69, 9.17) is 28.0 Å². The molecule has 0 aliphatic heterocycles. The second kappa shape index (κ2) is 10.8. The van der Waals surface area contributed by atoms with Crippen molar-refractivity contribution >= 4 is 7.82 Å². The number of phosphoric ester groups is 1. The maximum absolute atomic E-state index is 12.6. The molecule has 0 spiro atoms. The highest BCUT2D eigenvalue weighted by atomic mass is 31.2. The van der Waals surface area contributed by atoms with E-state index in [1.165, 1.54) is 6.07 Å². The summed E-state index contributed by atoms with van der Waals surface area (Å²) in [6.45, 7) is 8.49. The Bertz CT molecular complexity index is 825. The first-order chi connectivity index (χ1) is 14.0. The van der Waals surface area contributed by atoms with Gasteiger partial charge >= 0.3 is 7.82 Å². The lowest BCUT2D eigenvalue weighted by Gasteiger charge is -2.22. The molecule has 0 saturated carbocycles. The molecule has 1 atom stereocenters. The van der Waals surface area contributed by atoms with E-state index < -0.39 is 7.82 Å². The summed E-state index contributed by atoms with van der Waals surface area (Å²) in [5.74, 6) is 1.14. The molecule has 29 heavy (non-hydrogen) atoms. The van der Waals surface area contributed by atoms with Crippen LogP contribution in [0.5, 0.6) is 34.5 Å². The van der Waals surface area contributed by atoms with Crippen molar-refractivity contribution in [1.82, 2.24) is 0 Å². The number of ether oxygens (including phenoxy) is 4. The second-order valence-corrected chi connectivity index (χ2v) is 6.86. The number of benzene rings is 2. The van der Waals surface area contributed by atoms with Gasteiger partial charge in [0.25, 0.3) is 0 Å². The van der Waals surface area contributed by atoms with Crippen molar-refractivity contribution in [1.29, 1.82) is 0 Å². The van der Waals surface area contributed by atoms with Crippen molar-refractivity contribution in [2.24, 2.45) is 0 Å². The Morgan fingerprint density at radius 3 is 1.79 bits per heavy atom. The molecule has 1 unspecified atom stereocenters. The lowest BCUT2D eigenvalue weighted by molar-refractivity contribution is 0.234. The van der Waals surface area contributed by atoms with Crippen molar-refractivity contribution in [3.05, 3.63) is 36.4 Å². The van der Waals surface area contributed by atoms with Gasteiger partial charge in [-0.15, -0.1) is 0 Å². The van der Waals surface area contributed by atoms with Crippen LogP contribution < -0.4 is 28.0 Å². The zero-order valence-corrected chi connectivity index (χ0v) is 17.9. The molecule has 0 aromatic heterocycles. The lowest BCUT2D eigenvalue weighted by atomic mass is 10.2.